The van der Waals surface area contributed by atoms with E-state index in [1.807, 2.05) is 11.2 Å². The third-order valence-electron chi connectivity index (χ3n) is 5.42. The lowest BCUT2D eigenvalue weighted by Gasteiger charge is -2.21. The summed E-state index contributed by atoms with van der Waals surface area (Å²) in [6.07, 6.45) is 10.7. The number of amides is 1. The van der Waals surface area contributed by atoms with Crippen molar-refractivity contribution in [1.82, 2.24) is 19.3 Å². The van der Waals surface area contributed by atoms with Gasteiger partial charge in [0.2, 0.25) is 0 Å². The van der Waals surface area contributed by atoms with E-state index in [2.05, 4.69) is 15.3 Å². The van der Waals surface area contributed by atoms with Crippen molar-refractivity contribution >= 4 is 34.7 Å². The van der Waals surface area contributed by atoms with E-state index in [4.69, 9.17) is 5.41 Å². The predicted octanol–water partition coefficient (Wildman–Crippen LogP) is 4.03. The molecule has 0 aromatic carbocycles. The molecule has 1 aliphatic heterocycles. The Morgan fingerprint density at radius 2 is 1.97 bits per heavy atom. The highest BCUT2D eigenvalue weighted by Crippen LogP contribution is 2.23. The number of nitrogens with zero attached hydrogens (tertiary/aromatic N) is 4. The van der Waals surface area contributed by atoms with Gasteiger partial charge in [-0.3, -0.25) is 19.6 Å². The van der Waals surface area contributed by atoms with Crippen LogP contribution in [0.15, 0.2) is 36.8 Å². The number of hydrogen-bond acceptors (Lipinski definition) is 6. The van der Waals surface area contributed by atoms with Gasteiger partial charge in [0, 0.05) is 36.7 Å². The molecule has 0 spiro atoms. The summed E-state index contributed by atoms with van der Waals surface area (Å²) in [5.41, 5.74) is 2.72. The van der Waals surface area contributed by atoms with Crippen molar-refractivity contribution in [3.8, 4) is 0 Å². The number of rotatable bonds is 6. The van der Waals surface area contributed by atoms with Crippen LogP contribution in [-0.2, 0) is 0 Å². The molecule has 1 amide bonds. The number of aromatic nitrogens is 3. The van der Waals surface area contributed by atoms with E-state index in [9.17, 15) is 9.18 Å². The third-order valence-corrected chi connectivity index (χ3v) is 5.85. The molecule has 7 nitrogen and oxygen atoms in total. The minimum absolute atomic E-state index is 0.0796. The van der Waals surface area contributed by atoms with E-state index in [1.54, 1.807) is 40.7 Å². The summed E-state index contributed by atoms with van der Waals surface area (Å²) in [6.45, 7) is 1.50. The quantitative estimate of drug-likeness (QED) is 0.446. The molecule has 1 fully saturated rings. The zero-order valence-electron chi connectivity index (χ0n) is 17.4. The largest absolute Gasteiger partial charge is 0.375 e. The number of likely N-dealkylation sites (tertiary alicyclic amines) is 1. The molecule has 4 heterocycles. The van der Waals surface area contributed by atoms with Crippen molar-refractivity contribution < 1.29 is 9.18 Å². The minimum Gasteiger partial charge on any atom is -0.375 e. The van der Waals surface area contributed by atoms with Crippen LogP contribution in [0.2, 0.25) is 0 Å². The van der Waals surface area contributed by atoms with Crippen molar-refractivity contribution in [1.29, 1.82) is 5.41 Å². The average Bonchev–Trinajstić information content (AvgIpc) is 3.01. The van der Waals surface area contributed by atoms with Crippen LogP contribution in [0.25, 0.3) is 5.65 Å². The molecule has 4 rings (SSSR count). The molecule has 1 saturated heterocycles. The van der Waals surface area contributed by atoms with Crippen molar-refractivity contribution in [3.63, 3.8) is 0 Å². The number of fused-ring (bicyclic) bond motifs is 1. The number of imidazole rings is 1. The average molecular weight is 441 g/mol. The van der Waals surface area contributed by atoms with Gasteiger partial charge >= 0.3 is 0 Å². The van der Waals surface area contributed by atoms with Crippen LogP contribution >= 0.6 is 11.8 Å². The van der Waals surface area contributed by atoms with Gasteiger partial charge in [0.15, 0.2) is 0 Å². The molecule has 9 heteroatoms. The first kappa shape index (κ1) is 21.3. The molecule has 0 radical (unpaired) electrons. The Morgan fingerprint density at radius 3 is 2.71 bits per heavy atom. The summed E-state index contributed by atoms with van der Waals surface area (Å²) < 4.78 is 15.3. The molecule has 162 valence electrons. The molecule has 2 N–H and O–H groups in total. The molecule has 0 saturated carbocycles. The van der Waals surface area contributed by atoms with Gasteiger partial charge in [-0.05, 0) is 37.3 Å². The standard InChI is InChI=1S/C22H25FN6OS/c1-31-14-27-17-10-18(22(30)28-8-4-2-3-5-9-28)25-11-16(17)21(24)19-12-26-20-7-6-15(23)13-29(19)20/h6-7,10-13,24H,2-5,8-9,14H2,1H3,(H,25,27). The topological polar surface area (TPSA) is 86.4 Å². The van der Waals surface area contributed by atoms with Gasteiger partial charge in [0.05, 0.1) is 23.5 Å². The van der Waals surface area contributed by atoms with Gasteiger partial charge in [-0.15, -0.1) is 11.8 Å². The van der Waals surface area contributed by atoms with Gasteiger partial charge in [-0.2, -0.15) is 0 Å². The normalized spacial score (nSPS) is 14.5. The summed E-state index contributed by atoms with van der Waals surface area (Å²) in [4.78, 5) is 23.6. The van der Waals surface area contributed by atoms with E-state index in [-0.39, 0.29) is 11.6 Å². The monoisotopic (exact) mass is 440 g/mol. The second kappa shape index (κ2) is 9.47. The van der Waals surface area contributed by atoms with Crippen molar-refractivity contribution in [2.75, 3.05) is 30.5 Å². The van der Waals surface area contributed by atoms with Gasteiger partial charge in [0.1, 0.15) is 17.2 Å². The third kappa shape index (κ3) is 4.56. The first-order valence-corrected chi connectivity index (χ1v) is 11.7. The summed E-state index contributed by atoms with van der Waals surface area (Å²) >= 11 is 1.60. The van der Waals surface area contributed by atoms with Gasteiger partial charge in [-0.25, -0.2) is 9.37 Å². The fourth-order valence-corrected chi connectivity index (χ4v) is 4.08. The Labute approximate surface area is 184 Å². The summed E-state index contributed by atoms with van der Waals surface area (Å²) in [7, 11) is 0. The number of nitrogens with one attached hydrogen (secondary N) is 2. The molecule has 31 heavy (non-hydrogen) atoms. The highest BCUT2D eigenvalue weighted by atomic mass is 32.2. The lowest BCUT2D eigenvalue weighted by atomic mass is 10.1. The fourth-order valence-electron chi connectivity index (χ4n) is 3.78. The van der Waals surface area contributed by atoms with Gasteiger partial charge in [0.25, 0.3) is 5.91 Å². The molecule has 0 bridgehead atoms. The van der Waals surface area contributed by atoms with Crippen LogP contribution in [0, 0.1) is 11.2 Å². The Morgan fingerprint density at radius 1 is 1.19 bits per heavy atom. The zero-order valence-corrected chi connectivity index (χ0v) is 18.2. The molecular formula is C22H25FN6OS. The number of pyridine rings is 2. The van der Waals surface area contributed by atoms with Crippen molar-refractivity contribution in [2.45, 2.75) is 25.7 Å². The summed E-state index contributed by atoms with van der Waals surface area (Å²) in [6, 6.07) is 4.63. The Hall–Kier alpha value is -2.94. The van der Waals surface area contributed by atoms with Gasteiger partial charge in [-0.1, -0.05) is 12.8 Å². The maximum atomic E-state index is 13.8. The lowest BCUT2D eigenvalue weighted by Crippen LogP contribution is -2.32. The number of halogens is 1. The van der Waals surface area contributed by atoms with Crippen LogP contribution in [0.4, 0.5) is 10.1 Å². The van der Waals surface area contributed by atoms with Crippen LogP contribution in [0.3, 0.4) is 0 Å². The Balaban J connectivity index is 1.68. The highest BCUT2D eigenvalue weighted by molar-refractivity contribution is 7.98. The lowest BCUT2D eigenvalue weighted by molar-refractivity contribution is 0.0756. The first-order valence-electron chi connectivity index (χ1n) is 10.3. The van der Waals surface area contributed by atoms with Gasteiger partial charge < -0.3 is 10.2 Å². The van der Waals surface area contributed by atoms with Crippen molar-refractivity contribution in [2.24, 2.45) is 0 Å². The number of carbonyl (C=O) groups excluding carboxylic acids is 1. The Bertz CT molecular complexity index is 1110. The van der Waals surface area contributed by atoms with Crippen LogP contribution in [0.5, 0.6) is 0 Å². The second-order valence-electron chi connectivity index (χ2n) is 7.53. The summed E-state index contributed by atoms with van der Waals surface area (Å²) in [5, 5.41) is 12.0. The SMILES string of the molecule is CSCNc1cc(C(=O)N2CCCCCC2)ncc1C(=N)c1cnc2ccc(F)cn12. The first-order chi connectivity index (χ1) is 15.1. The van der Waals surface area contributed by atoms with Crippen LogP contribution in [0.1, 0.15) is 47.4 Å². The summed E-state index contributed by atoms with van der Waals surface area (Å²) in [5.74, 6) is 0.129. The van der Waals surface area contributed by atoms with E-state index >= 15 is 0 Å². The number of carbonyl (C=O) groups is 1. The highest BCUT2D eigenvalue weighted by Gasteiger charge is 2.22. The molecule has 1 aliphatic rings. The number of hydrogen-bond donors (Lipinski definition) is 2. The zero-order chi connectivity index (χ0) is 21.8. The Kier molecular flexibility index (Phi) is 6.50. The van der Waals surface area contributed by atoms with Crippen molar-refractivity contribution in [3.05, 3.63) is 59.6 Å². The smallest absolute Gasteiger partial charge is 0.272 e. The molecule has 0 aliphatic carbocycles. The minimum atomic E-state index is -0.406. The fraction of sp³-hybridized carbons (Fsp3) is 0.364. The molecule has 3 aromatic rings. The van der Waals surface area contributed by atoms with E-state index < -0.39 is 5.82 Å². The number of anilines is 1. The van der Waals surface area contributed by atoms with E-state index in [0.717, 1.165) is 38.8 Å². The molecule has 0 atom stereocenters. The van der Waals surface area contributed by atoms with E-state index in [1.165, 1.54) is 12.3 Å². The second-order valence-corrected chi connectivity index (χ2v) is 8.39. The maximum absolute atomic E-state index is 13.8. The molecule has 3 aromatic heterocycles. The number of thioether (sulfide) groups is 1. The predicted molar refractivity (Wildman–Crippen MR) is 122 cm³/mol. The maximum Gasteiger partial charge on any atom is 0.272 e. The molecular weight excluding hydrogens is 415 g/mol. The van der Waals surface area contributed by atoms with Crippen LogP contribution in [-0.4, -0.2) is 56.1 Å². The van der Waals surface area contributed by atoms with E-state index in [0.29, 0.717) is 34.2 Å². The molecule has 0 unspecified atom stereocenters. The van der Waals surface area contributed by atoms with Crippen LogP contribution < -0.4 is 5.32 Å².